The van der Waals surface area contributed by atoms with Gasteiger partial charge in [-0.2, -0.15) is 0 Å². The van der Waals surface area contributed by atoms with E-state index in [-0.39, 0.29) is 0 Å². The zero-order valence-electron chi connectivity index (χ0n) is 33.8. The predicted octanol–water partition coefficient (Wildman–Crippen LogP) is 16.3. The molecule has 0 spiro atoms. The van der Waals surface area contributed by atoms with Gasteiger partial charge >= 0.3 is 0 Å². The van der Waals surface area contributed by atoms with Gasteiger partial charge in [-0.25, -0.2) is 0 Å². The summed E-state index contributed by atoms with van der Waals surface area (Å²) in [6, 6.07) is 84.7. The molecule has 0 amide bonds. The van der Waals surface area contributed by atoms with Gasteiger partial charge in [0.2, 0.25) is 0 Å². The van der Waals surface area contributed by atoms with Gasteiger partial charge in [-0.1, -0.05) is 164 Å². The molecule has 0 atom stereocenters. The number of hydrogen-bond acceptors (Lipinski definition) is 0. The predicted molar refractivity (Wildman–Crippen MR) is 264 cm³/mol. The molecule has 0 fully saturated rings. The van der Waals surface area contributed by atoms with Crippen LogP contribution in [0.25, 0.3) is 121 Å². The second-order valence-corrected chi connectivity index (χ2v) is 16.5. The lowest BCUT2D eigenvalue weighted by Crippen LogP contribution is -1.94. The van der Waals surface area contributed by atoms with Crippen molar-refractivity contribution < 1.29 is 0 Å². The third kappa shape index (κ3) is 5.30. The van der Waals surface area contributed by atoms with Crippen LogP contribution in [-0.4, -0.2) is 9.13 Å². The van der Waals surface area contributed by atoms with Crippen LogP contribution < -0.4 is 0 Å². The van der Waals surface area contributed by atoms with Crippen molar-refractivity contribution in [1.29, 1.82) is 0 Å². The lowest BCUT2D eigenvalue weighted by atomic mass is 9.93. The van der Waals surface area contributed by atoms with Crippen molar-refractivity contribution in [3.8, 4) is 44.8 Å². The van der Waals surface area contributed by atoms with E-state index in [1.165, 1.54) is 115 Å². The van der Waals surface area contributed by atoms with E-state index in [0.29, 0.717) is 0 Å². The highest BCUT2D eigenvalue weighted by atomic mass is 15.0. The summed E-state index contributed by atoms with van der Waals surface area (Å²) in [4.78, 5) is 0. The molecule has 0 saturated carbocycles. The Morgan fingerprint density at radius 1 is 0.226 bits per heavy atom. The minimum absolute atomic E-state index is 1.14. The lowest BCUT2D eigenvalue weighted by molar-refractivity contribution is 1.18. The average molecular weight is 787 g/mol. The summed E-state index contributed by atoms with van der Waals surface area (Å²) in [6.45, 7) is 0. The van der Waals surface area contributed by atoms with Crippen LogP contribution in [0.3, 0.4) is 0 Å². The van der Waals surface area contributed by atoms with E-state index < -0.39 is 0 Å². The van der Waals surface area contributed by atoms with Crippen LogP contribution in [-0.2, 0) is 0 Å². The van der Waals surface area contributed by atoms with Gasteiger partial charge in [0.1, 0.15) is 0 Å². The third-order valence-corrected chi connectivity index (χ3v) is 13.1. The molecule has 62 heavy (non-hydrogen) atoms. The summed E-state index contributed by atoms with van der Waals surface area (Å²) < 4.78 is 4.86. The molecule has 0 unspecified atom stereocenters. The fourth-order valence-corrected chi connectivity index (χ4v) is 10.2. The van der Waals surface area contributed by atoms with Crippen molar-refractivity contribution in [3.63, 3.8) is 0 Å². The second-order valence-electron chi connectivity index (χ2n) is 16.5. The Balaban J connectivity index is 0.950. The smallest absolute Gasteiger partial charge is 0.0547 e. The molecule has 288 valence electrons. The maximum atomic E-state index is 2.43. The number of rotatable bonds is 5. The first kappa shape index (κ1) is 34.6. The summed E-state index contributed by atoms with van der Waals surface area (Å²) in [5.74, 6) is 0. The van der Waals surface area contributed by atoms with E-state index in [1.807, 2.05) is 0 Å². The fraction of sp³-hybridized carbons (Fsp3) is 0. The highest BCUT2D eigenvalue weighted by Crippen LogP contribution is 2.43. The van der Waals surface area contributed by atoms with Crippen LogP contribution in [0.4, 0.5) is 0 Å². The van der Waals surface area contributed by atoms with Gasteiger partial charge < -0.3 is 9.13 Å². The summed E-state index contributed by atoms with van der Waals surface area (Å²) in [5.41, 5.74) is 14.5. The molecule has 2 nitrogen and oxygen atoms in total. The molecule has 2 aromatic heterocycles. The van der Waals surface area contributed by atoms with Gasteiger partial charge in [-0.05, 0) is 132 Å². The summed E-state index contributed by atoms with van der Waals surface area (Å²) >= 11 is 0. The SMILES string of the molecule is c1ccc(-c2cccc(-c3ccc4c5ccccc5n(-c5ccc(-c6cccc7cc8c(ccc9c8c8c%10ccccc%10ccc8n9-c8ccccc8)cc67)cc5)c4c3)c2)cc1. The number of benzene rings is 11. The summed E-state index contributed by atoms with van der Waals surface area (Å²) in [7, 11) is 0. The Bertz CT molecular complexity index is 3890. The number of para-hydroxylation sites is 2. The Kier molecular flexibility index (Phi) is 7.64. The van der Waals surface area contributed by atoms with E-state index in [2.05, 4.69) is 240 Å². The molecule has 0 aliphatic heterocycles. The van der Waals surface area contributed by atoms with Crippen LogP contribution in [0.15, 0.2) is 231 Å². The normalized spacial score (nSPS) is 11.9. The molecule has 0 saturated heterocycles. The van der Waals surface area contributed by atoms with E-state index >= 15 is 0 Å². The Morgan fingerprint density at radius 3 is 1.58 bits per heavy atom. The number of hydrogen-bond donors (Lipinski definition) is 0. The van der Waals surface area contributed by atoms with E-state index in [1.54, 1.807) is 0 Å². The molecule has 0 radical (unpaired) electrons. The van der Waals surface area contributed by atoms with Crippen LogP contribution in [0, 0.1) is 0 Å². The fourth-order valence-electron chi connectivity index (χ4n) is 10.2. The van der Waals surface area contributed by atoms with Gasteiger partial charge in [-0.15, -0.1) is 0 Å². The average Bonchev–Trinajstić information content (AvgIpc) is 3.87. The molecule has 11 aromatic carbocycles. The van der Waals surface area contributed by atoms with Crippen molar-refractivity contribution in [2.24, 2.45) is 0 Å². The maximum Gasteiger partial charge on any atom is 0.0547 e. The zero-order valence-corrected chi connectivity index (χ0v) is 33.8. The van der Waals surface area contributed by atoms with Gasteiger partial charge in [0.15, 0.2) is 0 Å². The van der Waals surface area contributed by atoms with Gasteiger partial charge in [0.05, 0.1) is 22.1 Å². The third-order valence-electron chi connectivity index (χ3n) is 13.1. The Morgan fingerprint density at radius 2 is 0.758 bits per heavy atom. The molecule has 2 heteroatoms. The Labute approximate surface area is 358 Å². The van der Waals surface area contributed by atoms with E-state index in [0.717, 1.165) is 5.69 Å². The van der Waals surface area contributed by atoms with Crippen molar-refractivity contribution >= 4 is 75.9 Å². The second kappa shape index (κ2) is 13.7. The van der Waals surface area contributed by atoms with Gasteiger partial charge in [0, 0.05) is 32.9 Å². The molecule has 0 bridgehead atoms. The van der Waals surface area contributed by atoms with Crippen molar-refractivity contribution in [2.45, 2.75) is 0 Å². The Hall–Kier alpha value is -8.20. The first-order chi connectivity index (χ1) is 30.7. The van der Waals surface area contributed by atoms with Crippen molar-refractivity contribution in [2.75, 3.05) is 0 Å². The molecular weight excluding hydrogens is 749 g/mol. The molecular formula is C60H38N2. The van der Waals surface area contributed by atoms with Gasteiger partial charge in [0.25, 0.3) is 0 Å². The maximum absolute atomic E-state index is 2.43. The molecule has 13 aromatic rings. The molecule has 2 heterocycles. The topological polar surface area (TPSA) is 9.86 Å². The van der Waals surface area contributed by atoms with Crippen molar-refractivity contribution in [1.82, 2.24) is 9.13 Å². The van der Waals surface area contributed by atoms with E-state index in [4.69, 9.17) is 0 Å². The molecule has 0 aliphatic carbocycles. The number of nitrogens with zero attached hydrogens (tertiary/aromatic N) is 2. The summed E-state index contributed by atoms with van der Waals surface area (Å²) in [6.07, 6.45) is 0. The van der Waals surface area contributed by atoms with Gasteiger partial charge in [-0.3, -0.25) is 0 Å². The van der Waals surface area contributed by atoms with Crippen LogP contribution in [0.2, 0.25) is 0 Å². The number of fused-ring (bicyclic) bond motifs is 11. The van der Waals surface area contributed by atoms with E-state index in [9.17, 15) is 0 Å². The zero-order chi connectivity index (χ0) is 40.7. The molecule has 13 rings (SSSR count). The highest BCUT2D eigenvalue weighted by molar-refractivity contribution is 6.29. The summed E-state index contributed by atoms with van der Waals surface area (Å²) in [5, 5.41) is 12.6. The first-order valence-electron chi connectivity index (χ1n) is 21.4. The van der Waals surface area contributed by atoms with Crippen LogP contribution in [0.1, 0.15) is 0 Å². The number of aromatic nitrogens is 2. The quantitative estimate of drug-likeness (QED) is 0.154. The van der Waals surface area contributed by atoms with Crippen LogP contribution in [0.5, 0.6) is 0 Å². The monoisotopic (exact) mass is 786 g/mol. The molecule has 0 aliphatic rings. The molecule has 0 N–H and O–H groups in total. The van der Waals surface area contributed by atoms with Crippen molar-refractivity contribution in [3.05, 3.63) is 231 Å². The minimum Gasteiger partial charge on any atom is -0.309 e. The van der Waals surface area contributed by atoms with Crippen LogP contribution >= 0.6 is 0 Å². The minimum atomic E-state index is 1.14. The lowest BCUT2D eigenvalue weighted by Gasteiger charge is -2.13. The first-order valence-corrected chi connectivity index (χ1v) is 21.4. The largest absolute Gasteiger partial charge is 0.309 e. The standard InChI is InChI=1S/C60H38N2/c1-3-13-39(14-4-1)42-16-11-17-43(35-42)44-27-32-52-51-22-9-10-24-55(51)61(58(52)38-44)48-30-25-41(26-31-48)49-23-12-18-45-37-54-46(36-53(45)49)29-34-57-60(54)59-50-21-8-7-15-40(50)28-33-56(59)62(57)47-19-5-2-6-20-47/h1-38H. The highest BCUT2D eigenvalue weighted by Gasteiger charge is 2.19.